The average Bonchev–Trinajstić information content (AvgIpc) is 3.24. The van der Waals surface area contributed by atoms with Crippen molar-refractivity contribution in [2.75, 3.05) is 7.11 Å². The van der Waals surface area contributed by atoms with E-state index >= 15 is 0 Å². The van der Waals surface area contributed by atoms with Gasteiger partial charge in [-0.15, -0.1) is 6.58 Å². The summed E-state index contributed by atoms with van der Waals surface area (Å²) in [7, 11) is 1.00. The van der Waals surface area contributed by atoms with Gasteiger partial charge in [0.2, 0.25) is 0 Å². The minimum atomic E-state index is -0.676. The van der Waals surface area contributed by atoms with Gasteiger partial charge in [0, 0.05) is 12.7 Å². The van der Waals surface area contributed by atoms with Gasteiger partial charge in [0.25, 0.3) is 0 Å². The molecule has 0 amide bonds. The van der Waals surface area contributed by atoms with Crippen LogP contribution in [0.3, 0.4) is 0 Å². The van der Waals surface area contributed by atoms with Crippen molar-refractivity contribution in [3.63, 3.8) is 0 Å². The first-order valence-electron chi connectivity index (χ1n) is 26.1. The fourth-order valence-electron chi connectivity index (χ4n) is 9.21. The molecule has 1 aliphatic rings. The second-order valence-corrected chi connectivity index (χ2v) is 22.2. The summed E-state index contributed by atoms with van der Waals surface area (Å²) in [5, 5.41) is 46.0. The number of aliphatic hydroxyl groups is 2. The van der Waals surface area contributed by atoms with Crippen molar-refractivity contribution in [2.45, 2.75) is 250 Å². The Bertz CT molecular complexity index is 1580. The molecule has 1 heterocycles. The highest BCUT2D eigenvalue weighted by Gasteiger charge is 2.34. The van der Waals surface area contributed by atoms with Crippen LogP contribution in [0.15, 0.2) is 18.7 Å². The highest BCUT2D eigenvalue weighted by Crippen LogP contribution is 2.44. The minimum absolute atomic E-state index is 0.0712. The van der Waals surface area contributed by atoms with Gasteiger partial charge in [-0.05, 0) is 162 Å². The molecule has 0 fully saturated rings. The van der Waals surface area contributed by atoms with E-state index in [9.17, 15) is 20.4 Å². The van der Waals surface area contributed by atoms with E-state index in [2.05, 4.69) is 75.8 Å². The number of rotatable bonds is 25. The largest absolute Gasteiger partial charge is 0.508 e. The summed E-state index contributed by atoms with van der Waals surface area (Å²) in [4.78, 5) is 0. The summed E-state index contributed by atoms with van der Waals surface area (Å²) in [6.45, 7) is 38.2. The molecule has 0 radical (unpaired) electrons. The fourth-order valence-corrected chi connectivity index (χ4v) is 9.21. The second-order valence-electron chi connectivity index (χ2n) is 22.2. The van der Waals surface area contributed by atoms with Crippen molar-refractivity contribution in [1.82, 2.24) is 0 Å². The molecule has 6 atom stereocenters. The maximum absolute atomic E-state index is 10.4. The second kappa shape index (κ2) is 32.1. The topological polar surface area (TPSA) is 110 Å². The number of phenols is 3. The molecule has 1 aliphatic heterocycles. The minimum Gasteiger partial charge on any atom is -0.508 e. The zero-order valence-electron chi connectivity index (χ0n) is 45.6. The number of aromatic hydroxyl groups is 3. The molecular formula is C59H106O6. The van der Waals surface area contributed by atoms with Crippen LogP contribution in [0.2, 0.25) is 0 Å². The summed E-state index contributed by atoms with van der Waals surface area (Å²) >= 11 is 0. The van der Waals surface area contributed by atoms with E-state index < -0.39 is 5.60 Å². The van der Waals surface area contributed by atoms with E-state index in [0.29, 0.717) is 11.3 Å². The van der Waals surface area contributed by atoms with Crippen molar-refractivity contribution >= 4 is 0 Å². The predicted molar refractivity (Wildman–Crippen MR) is 282 cm³/mol. The molecule has 0 saturated carbocycles. The first-order valence-corrected chi connectivity index (χ1v) is 26.1. The van der Waals surface area contributed by atoms with Gasteiger partial charge in [-0.3, -0.25) is 0 Å². The van der Waals surface area contributed by atoms with Crippen LogP contribution < -0.4 is 4.74 Å². The lowest BCUT2D eigenvalue weighted by Crippen LogP contribution is -2.37. The van der Waals surface area contributed by atoms with Gasteiger partial charge >= 0.3 is 0 Å². The molecule has 0 aromatic heterocycles. The third-order valence-electron chi connectivity index (χ3n) is 14.6. The molecule has 0 saturated heterocycles. The Hall–Kier alpha value is -2.70. The van der Waals surface area contributed by atoms with Gasteiger partial charge in [-0.2, -0.15) is 0 Å². The van der Waals surface area contributed by atoms with E-state index in [4.69, 9.17) is 9.84 Å². The summed E-state index contributed by atoms with van der Waals surface area (Å²) in [5.74, 6) is 7.09. The lowest BCUT2D eigenvalue weighted by Gasteiger charge is -2.38. The van der Waals surface area contributed by atoms with Crippen LogP contribution in [-0.2, 0) is 6.42 Å². The summed E-state index contributed by atoms with van der Waals surface area (Å²) in [5.41, 5.74) is 5.76. The van der Waals surface area contributed by atoms with Crippen molar-refractivity contribution in [2.24, 2.45) is 35.5 Å². The SMILES string of the molecule is C=CC(C)(O)CCCC(C)CCCC(C)CCCC(C)C.CO.Cc1c(C)c2c(c(C)c1O)CCC(C)(CCCC(C)CCCC(C)CCCC(C)C)O2.Cc1cc(O)c(C)c(C)c1O. The number of aryl methyl sites for hydroxylation is 1. The molecule has 6 heteroatoms. The lowest BCUT2D eigenvalue weighted by atomic mass is 9.84. The van der Waals surface area contributed by atoms with Gasteiger partial charge < -0.3 is 30.3 Å². The summed E-state index contributed by atoms with van der Waals surface area (Å²) < 4.78 is 6.60. The molecule has 6 unspecified atom stereocenters. The maximum atomic E-state index is 10.4. The molecular weight excluding hydrogens is 805 g/mol. The Balaban J connectivity index is 0.00000103. The van der Waals surface area contributed by atoms with Gasteiger partial charge in [-0.1, -0.05) is 158 Å². The number of ether oxygens (including phenoxy) is 1. The summed E-state index contributed by atoms with van der Waals surface area (Å²) in [6, 6.07) is 1.57. The van der Waals surface area contributed by atoms with E-state index in [-0.39, 0.29) is 17.1 Å². The van der Waals surface area contributed by atoms with Gasteiger partial charge in [0.15, 0.2) is 0 Å². The highest BCUT2D eigenvalue weighted by atomic mass is 16.5. The number of hydrogen-bond donors (Lipinski definition) is 5. The van der Waals surface area contributed by atoms with Crippen molar-refractivity contribution in [1.29, 1.82) is 0 Å². The van der Waals surface area contributed by atoms with E-state index in [1.165, 1.54) is 102 Å². The Morgan fingerprint density at radius 1 is 0.600 bits per heavy atom. The monoisotopic (exact) mass is 911 g/mol. The molecule has 3 rings (SSSR count). The van der Waals surface area contributed by atoms with Gasteiger partial charge in [0.1, 0.15) is 28.6 Å². The third-order valence-corrected chi connectivity index (χ3v) is 14.6. The first-order chi connectivity index (χ1) is 30.3. The third kappa shape index (κ3) is 24.8. The van der Waals surface area contributed by atoms with Crippen molar-refractivity contribution in [3.8, 4) is 23.0 Å². The van der Waals surface area contributed by atoms with Crippen LogP contribution in [0.25, 0.3) is 0 Å². The molecule has 2 aromatic carbocycles. The maximum Gasteiger partial charge on any atom is 0.127 e. The zero-order chi connectivity index (χ0) is 50.1. The molecule has 5 N–H and O–H groups in total. The van der Waals surface area contributed by atoms with Crippen LogP contribution in [-0.4, -0.2) is 43.8 Å². The average molecular weight is 911 g/mol. The Morgan fingerprint density at radius 2 is 1.00 bits per heavy atom. The normalized spacial score (nSPS) is 17.2. The fraction of sp³-hybridized carbons (Fsp3) is 0.763. The van der Waals surface area contributed by atoms with Crippen LogP contribution in [0.5, 0.6) is 23.0 Å². The van der Waals surface area contributed by atoms with Crippen LogP contribution in [0, 0.1) is 77.0 Å². The van der Waals surface area contributed by atoms with E-state index in [1.807, 2.05) is 20.8 Å². The van der Waals surface area contributed by atoms with Gasteiger partial charge in [-0.25, -0.2) is 0 Å². The quantitative estimate of drug-likeness (QED) is 0.0501. The predicted octanol–water partition coefficient (Wildman–Crippen LogP) is 16.8. The zero-order valence-corrected chi connectivity index (χ0v) is 45.6. The number of benzene rings is 2. The molecule has 6 nitrogen and oxygen atoms in total. The molecule has 65 heavy (non-hydrogen) atoms. The van der Waals surface area contributed by atoms with Crippen molar-refractivity contribution in [3.05, 3.63) is 57.7 Å². The summed E-state index contributed by atoms with van der Waals surface area (Å²) in [6.07, 6.45) is 27.1. The molecule has 378 valence electrons. The lowest BCUT2D eigenvalue weighted by molar-refractivity contribution is 0.0511. The molecule has 0 spiro atoms. The molecule has 0 bridgehead atoms. The molecule has 2 aromatic rings. The van der Waals surface area contributed by atoms with Crippen LogP contribution in [0.4, 0.5) is 0 Å². The first kappa shape index (κ1) is 62.3. The number of phenolic OH excluding ortho intramolecular Hbond substituents is 3. The Labute approximate surface area is 402 Å². The Morgan fingerprint density at radius 3 is 1.43 bits per heavy atom. The number of aliphatic hydroxyl groups excluding tert-OH is 1. The van der Waals surface area contributed by atoms with Crippen LogP contribution in [0.1, 0.15) is 230 Å². The van der Waals surface area contributed by atoms with E-state index in [1.54, 1.807) is 32.9 Å². The Kier molecular flexibility index (Phi) is 30.8. The van der Waals surface area contributed by atoms with Crippen LogP contribution >= 0.6 is 0 Å². The number of fused-ring (bicyclic) bond motifs is 1. The van der Waals surface area contributed by atoms with E-state index in [0.717, 1.165) is 108 Å². The van der Waals surface area contributed by atoms with Crippen molar-refractivity contribution < 1.29 is 30.3 Å². The number of hydrogen-bond acceptors (Lipinski definition) is 6. The smallest absolute Gasteiger partial charge is 0.127 e. The highest BCUT2D eigenvalue weighted by molar-refractivity contribution is 5.58. The standard InChI is InChI=1S/C29H50O2.C20H40O.C9H12O2.CH4O/c1-20(2)12-9-13-21(3)14-10-15-22(4)16-11-18-29(8)19-17-26-25(7)27(30)23(5)24(6)28(26)31-29;1-7-20(6,21)16-10-15-19(5)14-9-13-18(4)12-8-11-17(2)3;1-5-4-8(10)6(2)7(3)9(5)11;1-2/h20-22,30H,9-19H2,1-8H3;7,17-19,21H,1,8-16H2,2-6H3;4,10-11H,1-3H3;2H,1H3. The van der Waals surface area contributed by atoms with Gasteiger partial charge in [0.05, 0.1) is 5.60 Å². The molecule has 0 aliphatic carbocycles.